The van der Waals surface area contributed by atoms with Crippen molar-refractivity contribution in [2.45, 2.75) is 11.4 Å². The number of carbonyl (C=O) groups excluding carboxylic acids is 1. The molecule has 1 amide bonds. The average Bonchev–Trinajstić information content (AvgIpc) is 3.15. The molecule has 10 heteroatoms. The number of aromatic nitrogens is 4. The third-order valence-corrected chi connectivity index (χ3v) is 5.35. The predicted octanol–water partition coefficient (Wildman–Crippen LogP) is 1.27. The van der Waals surface area contributed by atoms with Crippen molar-refractivity contribution < 1.29 is 13.2 Å². The van der Waals surface area contributed by atoms with Gasteiger partial charge in [-0.25, -0.2) is 13.4 Å². The number of amides is 1. The smallest absolute Gasteiger partial charge is 0.275 e. The SMILES string of the molecule is CN(Cc1ccn[nH]1)S(=O)(=O)c1cccc(NC(=O)c2cnccn2)c1. The minimum Gasteiger partial charge on any atom is -0.321 e. The number of aromatic amines is 1. The first kappa shape index (κ1) is 17.7. The Balaban J connectivity index is 1.78. The number of rotatable bonds is 6. The fourth-order valence-electron chi connectivity index (χ4n) is 2.22. The zero-order chi connectivity index (χ0) is 18.6. The second kappa shape index (κ2) is 7.42. The van der Waals surface area contributed by atoms with Gasteiger partial charge >= 0.3 is 0 Å². The molecule has 3 rings (SSSR count). The Labute approximate surface area is 150 Å². The van der Waals surface area contributed by atoms with Gasteiger partial charge in [-0.1, -0.05) is 6.07 Å². The highest BCUT2D eigenvalue weighted by molar-refractivity contribution is 7.89. The highest BCUT2D eigenvalue weighted by atomic mass is 32.2. The van der Waals surface area contributed by atoms with Gasteiger partial charge in [-0.05, 0) is 24.3 Å². The summed E-state index contributed by atoms with van der Waals surface area (Å²) >= 11 is 0. The molecule has 0 aliphatic rings. The number of nitrogens with zero attached hydrogens (tertiary/aromatic N) is 4. The number of hydrogen-bond donors (Lipinski definition) is 2. The van der Waals surface area contributed by atoms with E-state index in [0.717, 1.165) is 0 Å². The van der Waals surface area contributed by atoms with E-state index in [2.05, 4.69) is 25.5 Å². The highest BCUT2D eigenvalue weighted by Crippen LogP contribution is 2.20. The normalized spacial score (nSPS) is 11.5. The lowest BCUT2D eigenvalue weighted by molar-refractivity contribution is 0.102. The van der Waals surface area contributed by atoms with Crippen LogP contribution in [-0.4, -0.2) is 45.8 Å². The van der Waals surface area contributed by atoms with Gasteiger partial charge in [0.25, 0.3) is 5.91 Å². The van der Waals surface area contributed by atoms with Crippen molar-refractivity contribution in [3.8, 4) is 0 Å². The van der Waals surface area contributed by atoms with Crippen LogP contribution in [0.5, 0.6) is 0 Å². The second-order valence-electron chi connectivity index (χ2n) is 5.42. The summed E-state index contributed by atoms with van der Waals surface area (Å²) in [7, 11) is -2.26. The van der Waals surface area contributed by atoms with Crippen molar-refractivity contribution in [3.63, 3.8) is 0 Å². The molecule has 3 aromatic rings. The fraction of sp³-hybridized carbons (Fsp3) is 0.125. The summed E-state index contributed by atoms with van der Waals surface area (Å²) in [6, 6.07) is 7.72. The van der Waals surface area contributed by atoms with E-state index in [9.17, 15) is 13.2 Å². The third-order valence-electron chi connectivity index (χ3n) is 3.55. The first-order valence-electron chi connectivity index (χ1n) is 7.59. The molecule has 2 heterocycles. The van der Waals surface area contributed by atoms with Crippen LogP contribution < -0.4 is 5.32 Å². The molecule has 0 fully saturated rings. The predicted molar refractivity (Wildman–Crippen MR) is 93.7 cm³/mol. The van der Waals surface area contributed by atoms with Crippen LogP contribution in [0.1, 0.15) is 16.2 Å². The Morgan fingerprint density at radius 3 is 2.77 bits per heavy atom. The summed E-state index contributed by atoms with van der Waals surface area (Å²) in [4.78, 5) is 19.9. The van der Waals surface area contributed by atoms with E-state index in [1.807, 2.05) is 0 Å². The lowest BCUT2D eigenvalue weighted by atomic mass is 10.3. The average molecular weight is 372 g/mol. The molecule has 0 saturated carbocycles. The molecule has 134 valence electrons. The van der Waals surface area contributed by atoms with Gasteiger partial charge in [0.05, 0.1) is 23.3 Å². The van der Waals surface area contributed by atoms with E-state index in [1.54, 1.807) is 24.4 Å². The molecule has 2 aromatic heterocycles. The zero-order valence-corrected chi connectivity index (χ0v) is 14.6. The Bertz CT molecular complexity index is 990. The Morgan fingerprint density at radius 2 is 2.08 bits per heavy atom. The molecule has 0 aliphatic heterocycles. The van der Waals surface area contributed by atoms with Gasteiger partial charge in [0.1, 0.15) is 5.69 Å². The summed E-state index contributed by atoms with van der Waals surface area (Å²) in [5.74, 6) is -0.474. The van der Waals surface area contributed by atoms with Gasteiger partial charge in [0.2, 0.25) is 10.0 Å². The number of H-pyrrole nitrogens is 1. The summed E-state index contributed by atoms with van der Waals surface area (Å²) < 4.78 is 26.6. The fourth-order valence-corrected chi connectivity index (χ4v) is 3.42. The summed E-state index contributed by atoms with van der Waals surface area (Å²) in [5.41, 5.74) is 1.15. The Hall–Kier alpha value is -3.11. The van der Waals surface area contributed by atoms with Crippen LogP contribution in [0.3, 0.4) is 0 Å². The second-order valence-corrected chi connectivity index (χ2v) is 7.46. The molecular weight excluding hydrogens is 356 g/mol. The van der Waals surface area contributed by atoms with Gasteiger partial charge in [0, 0.05) is 31.3 Å². The van der Waals surface area contributed by atoms with Crippen molar-refractivity contribution in [1.82, 2.24) is 24.5 Å². The largest absolute Gasteiger partial charge is 0.321 e. The van der Waals surface area contributed by atoms with E-state index in [4.69, 9.17) is 0 Å². The van der Waals surface area contributed by atoms with Crippen LogP contribution in [0.4, 0.5) is 5.69 Å². The first-order valence-corrected chi connectivity index (χ1v) is 9.03. The van der Waals surface area contributed by atoms with Crippen molar-refractivity contribution in [1.29, 1.82) is 0 Å². The van der Waals surface area contributed by atoms with Crippen LogP contribution in [0, 0.1) is 0 Å². The van der Waals surface area contributed by atoms with Crippen molar-refractivity contribution >= 4 is 21.6 Å². The molecule has 0 spiro atoms. The first-order chi connectivity index (χ1) is 12.5. The zero-order valence-electron chi connectivity index (χ0n) is 13.8. The molecule has 0 radical (unpaired) electrons. The minimum absolute atomic E-state index is 0.0662. The Morgan fingerprint density at radius 1 is 1.23 bits per heavy atom. The van der Waals surface area contributed by atoms with Crippen molar-refractivity contribution in [2.75, 3.05) is 12.4 Å². The van der Waals surface area contributed by atoms with Gasteiger partial charge < -0.3 is 5.32 Å². The standard InChI is InChI=1S/C16H16N6O3S/c1-22(11-13-5-6-19-21-13)26(24,25)14-4-2-3-12(9-14)20-16(23)15-10-17-7-8-18-15/h2-10H,11H2,1H3,(H,19,21)(H,20,23). The minimum atomic E-state index is -3.73. The van der Waals surface area contributed by atoms with Crippen LogP contribution in [0.2, 0.25) is 0 Å². The third kappa shape index (κ3) is 3.92. The maximum absolute atomic E-state index is 12.7. The molecule has 9 nitrogen and oxygen atoms in total. The topological polar surface area (TPSA) is 121 Å². The molecule has 1 aromatic carbocycles. The van der Waals surface area contributed by atoms with E-state index in [0.29, 0.717) is 11.4 Å². The van der Waals surface area contributed by atoms with Gasteiger partial charge in [0.15, 0.2) is 0 Å². The molecule has 0 aliphatic carbocycles. The van der Waals surface area contributed by atoms with Crippen LogP contribution in [0.25, 0.3) is 0 Å². The van der Waals surface area contributed by atoms with Crippen LogP contribution in [0.15, 0.2) is 60.0 Å². The number of benzene rings is 1. The maximum Gasteiger partial charge on any atom is 0.275 e. The number of sulfonamides is 1. The number of carbonyl (C=O) groups is 1. The summed E-state index contributed by atoms with van der Waals surface area (Å²) in [5, 5.41) is 9.14. The monoisotopic (exact) mass is 372 g/mol. The molecular formula is C16H16N6O3S. The Kier molecular flexibility index (Phi) is 5.05. The maximum atomic E-state index is 12.7. The quantitative estimate of drug-likeness (QED) is 0.672. The number of anilines is 1. The van der Waals surface area contributed by atoms with Crippen LogP contribution in [-0.2, 0) is 16.6 Å². The van der Waals surface area contributed by atoms with Crippen molar-refractivity contribution in [2.24, 2.45) is 0 Å². The van der Waals surface area contributed by atoms with E-state index in [1.165, 1.54) is 42.1 Å². The highest BCUT2D eigenvalue weighted by Gasteiger charge is 2.22. The van der Waals surface area contributed by atoms with Crippen LogP contribution >= 0.6 is 0 Å². The molecule has 0 bridgehead atoms. The van der Waals surface area contributed by atoms with Gasteiger partial charge in [-0.3, -0.25) is 14.9 Å². The summed E-state index contributed by atoms with van der Waals surface area (Å²) in [6.45, 7) is 0.151. The number of hydrogen-bond acceptors (Lipinski definition) is 6. The van der Waals surface area contributed by atoms with E-state index >= 15 is 0 Å². The lowest BCUT2D eigenvalue weighted by Crippen LogP contribution is -2.26. The molecule has 0 atom stereocenters. The lowest BCUT2D eigenvalue weighted by Gasteiger charge is -2.17. The molecule has 26 heavy (non-hydrogen) atoms. The molecule has 0 saturated heterocycles. The van der Waals surface area contributed by atoms with E-state index in [-0.39, 0.29) is 17.1 Å². The van der Waals surface area contributed by atoms with Crippen molar-refractivity contribution in [3.05, 3.63) is 66.5 Å². The van der Waals surface area contributed by atoms with Gasteiger partial charge in [-0.2, -0.15) is 9.40 Å². The van der Waals surface area contributed by atoms with E-state index < -0.39 is 15.9 Å². The number of nitrogens with one attached hydrogen (secondary N) is 2. The van der Waals surface area contributed by atoms with Gasteiger partial charge in [-0.15, -0.1) is 0 Å². The molecule has 2 N–H and O–H groups in total. The summed E-state index contributed by atoms with van der Waals surface area (Å²) in [6.07, 6.45) is 5.74. The molecule has 0 unspecified atom stereocenters.